The third-order valence-corrected chi connectivity index (χ3v) is 5.70. The van der Waals surface area contributed by atoms with Gasteiger partial charge in [-0.05, 0) is 41.8 Å². The zero-order chi connectivity index (χ0) is 19.4. The van der Waals surface area contributed by atoms with Crippen molar-refractivity contribution in [1.82, 2.24) is 5.32 Å². The fourth-order valence-corrected chi connectivity index (χ4v) is 4.10. The van der Waals surface area contributed by atoms with Gasteiger partial charge >= 0.3 is 12.2 Å². The Labute approximate surface area is 161 Å². The van der Waals surface area contributed by atoms with E-state index in [1.807, 2.05) is 17.5 Å². The average Bonchev–Trinajstić information content (AvgIpc) is 3.31. The molecule has 3 aromatic rings. The molecule has 0 aliphatic rings. The highest BCUT2D eigenvalue weighted by Crippen LogP contribution is 2.31. The predicted octanol–water partition coefficient (Wildman–Crippen LogP) is 5.23. The molecule has 27 heavy (non-hydrogen) atoms. The second kappa shape index (κ2) is 8.12. The number of hydrogen-bond acceptors (Lipinski definition) is 4. The lowest BCUT2D eigenvalue weighted by molar-refractivity contribution is -0.137. The van der Waals surface area contributed by atoms with E-state index in [2.05, 4.69) is 10.6 Å². The molecule has 4 nitrogen and oxygen atoms in total. The van der Waals surface area contributed by atoms with Crippen LogP contribution in [0.15, 0.2) is 53.9 Å². The van der Waals surface area contributed by atoms with Crippen LogP contribution in [-0.4, -0.2) is 11.1 Å². The quantitative estimate of drug-likeness (QED) is 0.537. The van der Waals surface area contributed by atoms with E-state index in [1.165, 1.54) is 34.8 Å². The summed E-state index contributed by atoms with van der Waals surface area (Å²) in [6.45, 7) is 0.201. The minimum Gasteiger partial charge on any atom is -0.382 e. The van der Waals surface area contributed by atoms with Crippen molar-refractivity contribution in [3.63, 3.8) is 0 Å². The van der Waals surface area contributed by atoms with E-state index in [9.17, 15) is 23.1 Å². The third kappa shape index (κ3) is 5.09. The second-order valence-corrected chi connectivity index (χ2v) is 7.79. The highest BCUT2D eigenvalue weighted by atomic mass is 32.1. The largest absolute Gasteiger partial charge is 0.416 e. The minimum absolute atomic E-state index is 0.0577. The van der Waals surface area contributed by atoms with Gasteiger partial charge in [-0.2, -0.15) is 13.2 Å². The summed E-state index contributed by atoms with van der Waals surface area (Å²) in [4.78, 5) is 14.3. The Morgan fingerprint density at radius 3 is 2.63 bits per heavy atom. The molecule has 0 radical (unpaired) electrons. The highest BCUT2D eigenvalue weighted by molar-refractivity contribution is 7.12. The van der Waals surface area contributed by atoms with Gasteiger partial charge in [0.1, 0.15) is 6.10 Å². The molecule has 0 saturated carbocycles. The van der Waals surface area contributed by atoms with Gasteiger partial charge in [-0.15, -0.1) is 22.7 Å². The molecule has 0 aliphatic heterocycles. The molecule has 0 saturated heterocycles. The average molecular weight is 412 g/mol. The van der Waals surface area contributed by atoms with Crippen molar-refractivity contribution in [2.24, 2.45) is 0 Å². The standard InChI is InChI=1S/C18H15F3N2O2S2/c19-18(20,21)11-3-1-4-12(9-11)23-17(25)22-10-13-6-7-15(27-13)16(24)14-5-2-8-26-14/h1-9,16,24H,10H2,(H2,22,23,25). The number of hydrogen-bond donors (Lipinski definition) is 3. The smallest absolute Gasteiger partial charge is 0.382 e. The summed E-state index contributed by atoms with van der Waals surface area (Å²) in [6.07, 6.45) is -5.17. The van der Waals surface area contributed by atoms with E-state index in [0.29, 0.717) is 0 Å². The Morgan fingerprint density at radius 2 is 1.93 bits per heavy atom. The lowest BCUT2D eigenvalue weighted by atomic mass is 10.2. The van der Waals surface area contributed by atoms with Gasteiger partial charge in [-0.1, -0.05) is 12.1 Å². The maximum absolute atomic E-state index is 12.7. The molecule has 0 spiro atoms. The molecule has 3 N–H and O–H groups in total. The summed E-state index contributed by atoms with van der Waals surface area (Å²) >= 11 is 2.81. The first kappa shape index (κ1) is 19.4. The maximum Gasteiger partial charge on any atom is 0.416 e. The van der Waals surface area contributed by atoms with Crippen LogP contribution < -0.4 is 10.6 Å². The van der Waals surface area contributed by atoms with Gasteiger partial charge in [0, 0.05) is 20.3 Å². The molecule has 9 heteroatoms. The molecule has 1 aromatic carbocycles. The number of amides is 2. The Morgan fingerprint density at radius 1 is 1.11 bits per heavy atom. The van der Waals surface area contributed by atoms with Crippen LogP contribution >= 0.6 is 22.7 Å². The number of carbonyl (C=O) groups is 1. The normalized spacial score (nSPS) is 12.6. The van der Waals surface area contributed by atoms with Gasteiger partial charge in [0.05, 0.1) is 12.1 Å². The number of alkyl halides is 3. The topological polar surface area (TPSA) is 61.4 Å². The minimum atomic E-state index is -4.47. The van der Waals surface area contributed by atoms with E-state index in [1.54, 1.807) is 12.1 Å². The SMILES string of the molecule is O=C(NCc1ccc(C(O)c2cccs2)s1)Nc1cccc(C(F)(F)F)c1. The Kier molecular flexibility index (Phi) is 5.83. The highest BCUT2D eigenvalue weighted by Gasteiger charge is 2.30. The first-order valence-corrected chi connectivity index (χ1v) is 9.55. The molecule has 2 amide bonds. The molecular weight excluding hydrogens is 397 g/mol. The molecule has 142 valence electrons. The zero-order valence-corrected chi connectivity index (χ0v) is 15.4. The molecule has 0 fully saturated rings. The maximum atomic E-state index is 12.7. The van der Waals surface area contributed by atoms with E-state index in [-0.39, 0.29) is 12.2 Å². The van der Waals surface area contributed by atoms with Gasteiger partial charge < -0.3 is 15.7 Å². The lowest BCUT2D eigenvalue weighted by Crippen LogP contribution is -2.27. The van der Waals surface area contributed by atoms with Gasteiger partial charge in [0.25, 0.3) is 0 Å². The second-order valence-electron chi connectivity index (χ2n) is 5.61. The molecular formula is C18H15F3N2O2S2. The number of aliphatic hydroxyl groups is 1. The fourth-order valence-electron chi connectivity index (χ4n) is 2.34. The van der Waals surface area contributed by atoms with E-state index < -0.39 is 23.9 Å². The van der Waals surface area contributed by atoms with Crippen LogP contribution in [0.4, 0.5) is 23.7 Å². The fraction of sp³-hybridized carbons (Fsp3) is 0.167. The number of thiophene rings is 2. The van der Waals surface area contributed by atoms with Crippen LogP contribution in [0.2, 0.25) is 0 Å². The molecule has 2 heterocycles. The Balaban J connectivity index is 1.56. The van der Waals surface area contributed by atoms with Crippen molar-refractivity contribution >= 4 is 34.4 Å². The van der Waals surface area contributed by atoms with Gasteiger partial charge in [-0.25, -0.2) is 4.79 Å². The van der Waals surface area contributed by atoms with Crippen molar-refractivity contribution in [2.45, 2.75) is 18.8 Å². The number of benzene rings is 1. The number of halogens is 3. The Bertz CT molecular complexity index is 907. The van der Waals surface area contributed by atoms with E-state index in [0.717, 1.165) is 26.8 Å². The van der Waals surface area contributed by atoms with Crippen LogP contribution in [-0.2, 0) is 12.7 Å². The van der Waals surface area contributed by atoms with E-state index >= 15 is 0 Å². The molecule has 2 aromatic heterocycles. The number of rotatable bonds is 5. The van der Waals surface area contributed by atoms with Crippen LogP contribution in [0, 0.1) is 0 Å². The summed E-state index contributed by atoms with van der Waals surface area (Å²) in [5.74, 6) is 0. The number of aliphatic hydroxyl groups excluding tert-OH is 1. The number of urea groups is 1. The molecule has 0 aliphatic carbocycles. The third-order valence-electron chi connectivity index (χ3n) is 3.64. The van der Waals surface area contributed by atoms with Crippen LogP contribution in [0.1, 0.15) is 26.3 Å². The summed E-state index contributed by atoms with van der Waals surface area (Å²) < 4.78 is 38.1. The number of anilines is 1. The molecule has 3 rings (SSSR count). The van der Waals surface area contributed by atoms with Crippen molar-refractivity contribution in [3.05, 3.63) is 74.1 Å². The van der Waals surface area contributed by atoms with Crippen molar-refractivity contribution in [2.75, 3.05) is 5.32 Å². The van der Waals surface area contributed by atoms with Crippen molar-refractivity contribution < 1.29 is 23.1 Å². The summed E-state index contributed by atoms with van der Waals surface area (Å²) in [7, 11) is 0. The summed E-state index contributed by atoms with van der Waals surface area (Å²) in [5.41, 5.74) is -0.770. The van der Waals surface area contributed by atoms with Crippen molar-refractivity contribution in [3.8, 4) is 0 Å². The van der Waals surface area contributed by atoms with Crippen LogP contribution in [0.5, 0.6) is 0 Å². The van der Waals surface area contributed by atoms with Gasteiger partial charge in [0.2, 0.25) is 0 Å². The van der Waals surface area contributed by atoms with Crippen molar-refractivity contribution in [1.29, 1.82) is 0 Å². The Hall–Kier alpha value is -2.36. The number of carbonyl (C=O) groups excluding carboxylic acids is 1. The monoisotopic (exact) mass is 412 g/mol. The van der Waals surface area contributed by atoms with Gasteiger partial charge in [-0.3, -0.25) is 0 Å². The summed E-state index contributed by atoms with van der Waals surface area (Å²) in [5, 5.41) is 17.1. The van der Waals surface area contributed by atoms with E-state index in [4.69, 9.17) is 0 Å². The molecule has 0 bridgehead atoms. The van der Waals surface area contributed by atoms with Gasteiger partial charge in [0.15, 0.2) is 0 Å². The zero-order valence-electron chi connectivity index (χ0n) is 13.8. The number of nitrogens with one attached hydrogen (secondary N) is 2. The first-order chi connectivity index (χ1) is 12.8. The lowest BCUT2D eigenvalue weighted by Gasteiger charge is -2.10. The first-order valence-electron chi connectivity index (χ1n) is 7.85. The van der Waals surface area contributed by atoms with Crippen LogP contribution in [0.3, 0.4) is 0 Å². The summed E-state index contributed by atoms with van der Waals surface area (Å²) in [6, 6.07) is 11.1. The predicted molar refractivity (Wildman–Crippen MR) is 100 cm³/mol. The van der Waals surface area contributed by atoms with Crippen LogP contribution in [0.25, 0.3) is 0 Å². The molecule has 1 atom stereocenters. The molecule has 1 unspecified atom stereocenters.